The van der Waals surface area contributed by atoms with Crippen LogP contribution in [0.2, 0.25) is 0 Å². The Balaban J connectivity index is 1.69. The van der Waals surface area contributed by atoms with Gasteiger partial charge in [-0.25, -0.2) is 22.5 Å². The van der Waals surface area contributed by atoms with Crippen LogP contribution in [0.5, 0.6) is 0 Å². The maximum Gasteiger partial charge on any atom is 0.175 e. The molecule has 8 heteroatoms. The Kier molecular flexibility index (Phi) is 3.31. The lowest BCUT2D eigenvalue weighted by molar-refractivity contribution is 0.499. The van der Waals surface area contributed by atoms with E-state index in [2.05, 4.69) is 10.1 Å². The van der Waals surface area contributed by atoms with Crippen molar-refractivity contribution in [1.82, 2.24) is 19.7 Å². The molecule has 1 aromatic carbocycles. The first-order valence-corrected chi connectivity index (χ1v) is 10.7. The number of aromatic nitrogens is 4. The van der Waals surface area contributed by atoms with Crippen molar-refractivity contribution in [3.63, 3.8) is 0 Å². The summed E-state index contributed by atoms with van der Waals surface area (Å²) >= 11 is 0. The average molecular weight is 374 g/mol. The molecule has 0 amide bonds. The van der Waals surface area contributed by atoms with Crippen molar-refractivity contribution in [1.29, 1.82) is 0 Å². The summed E-state index contributed by atoms with van der Waals surface area (Å²) in [6.45, 7) is 1.93. The number of rotatable bonds is 3. The summed E-state index contributed by atoms with van der Waals surface area (Å²) in [5, 5.41) is 5.46. The largest absolute Gasteiger partial charge is 0.349 e. The monoisotopic (exact) mass is 374 g/mol. The van der Waals surface area contributed by atoms with E-state index in [9.17, 15) is 12.8 Å². The first-order chi connectivity index (χ1) is 12.4. The summed E-state index contributed by atoms with van der Waals surface area (Å²) in [6.07, 6.45) is 2.66. The van der Waals surface area contributed by atoms with Gasteiger partial charge in [0.15, 0.2) is 21.5 Å². The summed E-state index contributed by atoms with van der Waals surface area (Å²) in [6, 6.07) is 4.76. The van der Waals surface area contributed by atoms with E-state index >= 15 is 0 Å². The molecule has 2 fully saturated rings. The normalized spacial score (nSPS) is 22.3. The molecule has 1 atom stereocenters. The van der Waals surface area contributed by atoms with Crippen LogP contribution in [0.3, 0.4) is 0 Å². The molecule has 3 aromatic rings. The maximum atomic E-state index is 14.2. The third-order valence-corrected chi connectivity index (χ3v) is 7.16. The van der Waals surface area contributed by atoms with Gasteiger partial charge in [-0.1, -0.05) is 12.1 Å². The molecule has 0 radical (unpaired) electrons. The predicted molar refractivity (Wildman–Crippen MR) is 96.3 cm³/mol. The maximum absolute atomic E-state index is 14.2. The Bertz CT molecular complexity index is 1130. The minimum Gasteiger partial charge on any atom is -0.349 e. The van der Waals surface area contributed by atoms with Gasteiger partial charge >= 0.3 is 0 Å². The summed E-state index contributed by atoms with van der Waals surface area (Å²) < 4.78 is 39.8. The van der Waals surface area contributed by atoms with Crippen molar-refractivity contribution in [2.75, 3.05) is 11.5 Å². The standard InChI is InChI=1S/C18H19FN4O2S/c1-10-13-3-2-4-14(19)16(13)20-15(10)18-21-17(11-5-6-11)22-23(18)12-7-8-26(24,25)9-12/h2-4,11-12,20H,5-9H2,1H3/t12-/m1/s1. The van der Waals surface area contributed by atoms with Crippen molar-refractivity contribution in [2.45, 2.75) is 38.1 Å². The SMILES string of the molecule is Cc1c(-c2nc(C3CC3)nn2[C@@H]2CCS(=O)(=O)C2)[nH]c2c(F)cccc12. The molecule has 2 aliphatic rings. The summed E-state index contributed by atoms with van der Waals surface area (Å²) in [7, 11) is -3.04. The highest BCUT2D eigenvalue weighted by Gasteiger charge is 2.35. The predicted octanol–water partition coefficient (Wildman–Crippen LogP) is 3.11. The Morgan fingerprint density at radius 1 is 1.27 bits per heavy atom. The van der Waals surface area contributed by atoms with Crippen LogP contribution in [0, 0.1) is 12.7 Å². The zero-order chi connectivity index (χ0) is 18.1. The fourth-order valence-corrected chi connectivity index (χ4v) is 5.48. The van der Waals surface area contributed by atoms with Gasteiger partial charge in [-0.05, 0) is 37.8 Å². The molecule has 26 heavy (non-hydrogen) atoms. The molecular formula is C18H19FN4O2S. The van der Waals surface area contributed by atoms with E-state index in [4.69, 9.17) is 4.98 Å². The van der Waals surface area contributed by atoms with Crippen molar-refractivity contribution in [3.05, 3.63) is 35.4 Å². The van der Waals surface area contributed by atoms with E-state index in [-0.39, 0.29) is 23.4 Å². The molecule has 136 valence electrons. The summed E-state index contributed by atoms with van der Waals surface area (Å²) in [5.41, 5.74) is 2.06. The van der Waals surface area contributed by atoms with Gasteiger partial charge in [0.2, 0.25) is 0 Å². The topological polar surface area (TPSA) is 80.6 Å². The van der Waals surface area contributed by atoms with Crippen molar-refractivity contribution < 1.29 is 12.8 Å². The Morgan fingerprint density at radius 2 is 2.08 bits per heavy atom. The van der Waals surface area contributed by atoms with Gasteiger partial charge in [0.1, 0.15) is 5.82 Å². The van der Waals surface area contributed by atoms with Crippen LogP contribution in [-0.4, -0.2) is 39.7 Å². The van der Waals surface area contributed by atoms with E-state index in [0.29, 0.717) is 29.4 Å². The lowest BCUT2D eigenvalue weighted by atomic mass is 10.1. The quantitative estimate of drug-likeness (QED) is 0.764. The van der Waals surface area contributed by atoms with E-state index in [1.54, 1.807) is 10.7 Å². The number of nitrogens with one attached hydrogen (secondary N) is 1. The zero-order valence-corrected chi connectivity index (χ0v) is 15.2. The smallest absolute Gasteiger partial charge is 0.175 e. The van der Waals surface area contributed by atoms with Gasteiger partial charge < -0.3 is 4.98 Å². The average Bonchev–Trinajstić information content (AvgIpc) is 3.12. The molecule has 2 aromatic heterocycles. The number of aromatic amines is 1. The number of nitrogens with zero attached hydrogens (tertiary/aromatic N) is 3. The van der Waals surface area contributed by atoms with Crippen LogP contribution >= 0.6 is 0 Å². The second-order valence-corrected chi connectivity index (χ2v) is 9.59. The number of H-pyrrole nitrogens is 1. The molecule has 1 saturated carbocycles. The van der Waals surface area contributed by atoms with E-state index < -0.39 is 9.84 Å². The minimum atomic E-state index is -3.04. The molecule has 1 aliphatic heterocycles. The minimum absolute atomic E-state index is 0.0844. The highest BCUT2D eigenvalue weighted by molar-refractivity contribution is 7.91. The number of hydrogen-bond acceptors (Lipinski definition) is 4. The number of benzene rings is 1. The highest BCUT2D eigenvalue weighted by Crippen LogP contribution is 2.41. The molecule has 3 heterocycles. The summed E-state index contributed by atoms with van der Waals surface area (Å²) in [4.78, 5) is 7.88. The second-order valence-electron chi connectivity index (χ2n) is 7.36. The third-order valence-electron chi connectivity index (χ3n) is 5.41. The number of fused-ring (bicyclic) bond motifs is 1. The van der Waals surface area contributed by atoms with E-state index in [0.717, 1.165) is 29.6 Å². The van der Waals surface area contributed by atoms with Gasteiger partial charge in [0.25, 0.3) is 0 Å². The molecule has 1 N–H and O–H groups in total. The Morgan fingerprint density at radius 3 is 2.73 bits per heavy atom. The van der Waals surface area contributed by atoms with Gasteiger partial charge in [-0.2, -0.15) is 5.10 Å². The van der Waals surface area contributed by atoms with Crippen LogP contribution in [0.15, 0.2) is 18.2 Å². The first kappa shape index (κ1) is 16.0. The molecule has 1 aliphatic carbocycles. The van der Waals surface area contributed by atoms with Gasteiger partial charge in [0.05, 0.1) is 28.8 Å². The number of aryl methyl sites for hydroxylation is 1. The Hall–Kier alpha value is -2.22. The summed E-state index contributed by atoms with van der Waals surface area (Å²) in [5.74, 6) is 1.69. The molecule has 0 spiro atoms. The molecule has 0 unspecified atom stereocenters. The lowest BCUT2D eigenvalue weighted by Crippen LogP contribution is -2.14. The van der Waals surface area contributed by atoms with Crippen LogP contribution < -0.4 is 0 Å². The van der Waals surface area contributed by atoms with Crippen LogP contribution in [0.4, 0.5) is 4.39 Å². The molecule has 6 nitrogen and oxygen atoms in total. The number of sulfone groups is 1. The molecule has 1 saturated heterocycles. The number of hydrogen-bond donors (Lipinski definition) is 1. The Labute approximate surface area is 150 Å². The third kappa shape index (κ3) is 2.46. The van der Waals surface area contributed by atoms with Crippen molar-refractivity contribution >= 4 is 20.7 Å². The van der Waals surface area contributed by atoms with Crippen molar-refractivity contribution in [2.24, 2.45) is 0 Å². The lowest BCUT2D eigenvalue weighted by Gasteiger charge is -2.11. The zero-order valence-electron chi connectivity index (χ0n) is 14.4. The van der Waals surface area contributed by atoms with Crippen molar-refractivity contribution in [3.8, 4) is 11.5 Å². The first-order valence-electron chi connectivity index (χ1n) is 8.87. The molecule has 5 rings (SSSR count). The molecule has 0 bridgehead atoms. The fourth-order valence-electron chi connectivity index (χ4n) is 3.79. The van der Waals surface area contributed by atoms with E-state index in [1.807, 2.05) is 13.0 Å². The van der Waals surface area contributed by atoms with Gasteiger partial charge in [0, 0.05) is 11.3 Å². The van der Waals surface area contributed by atoms with Crippen LogP contribution in [0.1, 0.15) is 42.6 Å². The molecular weight excluding hydrogens is 355 g/mol. The fraction of sp³-hybridized carbons (Fsp3) is 0.444. The highest BCUT2D eigenvalue weighted by atomic mass is 32.2. The number of para-hydroxylation sites is 1. The second kappa shape index (κ2) is 5.39. The van der Waals surface area contributed by atoms with Gasteiger partial charge in [-0.3, -0.25) is 0 Å². The number of halogens is 1. The van der Waals surface area contributed by atoms with Crippen LogP contribution in [-0.2, 0) is 9.84 Å². The van der Waals surface area contributed by atoms with E-state index in [1.165, 1.54) is 6.07 Å². The van der Waals surface area contributed by atoms with Crippen LogP contribution in [0.25, 0.3) is 22.4 Å². The van der Waals surface area contributed by atoms with Gasteiger partial charge in [-0.15, -0.1) is 0 Å².